The van der Waals surface area contributed by atoms with Gasteiger partial charge in [-0.1, -0.05) is 18.0 Å². The van der Waals surface area contributed by atoms with Crippen LogP contribution in [-0.4, -0.2) is 111 Å². The summed E-state index contributed by atoms with van der Waals surface area (Å²) in [4.78, 5) is 34.5. The summed E-state index contributed by atoms with van der Waals surface area (Å²) < 4.78 is 10.8. The SMILES string of the molecule is COc1ccc(Cl)c(OC)c1C(=O)N1CCN(CC(=O)N2CCN(C3CCC3)CC2)CC1. The molecule has 9 heteroatoms. The zero-order valence-corrected chi connectivity index (χ0v) is 19.8. The van der Waals surface area contributed by atoms with E-state index in [2.05, 4.69) is 9.80 Å². The average Bonchev–Trinajstić information content (AvgIpc) is 2.78. The molecule has 1 aromatic rings. The standard InChI is InChI=1S/C23H33ClN4O4/c1-31-19-7-6-18(24)22(32-2)21(19)23(30)28-10-8-25(9-11-28)16-20(29)27-14-12-26(13-15-27)17-4-3-5-17/h6-7,17H,3-5,8-16H2,1-2H3. The van der Waals surface area contributed by atoms with Crippen molar-refractivity contribution in [2.24, 2.45) is 0 Å². The van der Waals surface area contributed by atoms with Crippen molar-refractivity contribution in [3.05, 3.63) is 22.7 Å². The number of methoxy groups -OCH3 is 2. The van der Waals surface area contributed by atoms with E-state index in [-0.39, 0.29) is 11.8 Å². The largest absolute Gasteiger partial charge is 0.496 e. The molecule has 0 N–H and O–H groups in total. The molecule has 2 amide bonds. The van der Waals surface area contributed by atoms with Crippen LogP contribution in [0.2, 0.25) is 5.02 Å². The summed E-state index contributed by atoms with van der Waals surface area (Å²) in [6.45, 7) is 6.43. The molecule has 1 saturated carbocycles. The molecule has 2 heterocycles. The molecule has 2 saturated heterocycles. The topological polar surface area (TPSA) is 65.6 Å². The molecule has 3 aliphatic rings. The lowest BCUT2D eigenvalue weighted by Crippen LogP contribution is -2.56. The van der Waals surface area contributed by atoms with Crippen molar-refractivity contribution < 1.29 is 19.1 Å². The van der Waals surface area contributed by atoms with Crippen LogP contribution in [0.1, 0.15) is 29.6 Å². The molecule has 32 heavy (non-hydrogen) atoms. The third kappa shape index (κ3) is 4.82. The molecule has 4 rings (SSSR count). The third-order valence-corrected chi connectivity index (χ3v) is 7.28. The number of amides is 2. The van der Waals surface area contributed by atoms with E-state index in [1.807, 2.05) is 4.90 Å². The first-order valence-electron chi connectivity index (χ1n) is 11.5. The van der Waals surface area contributed by atoms with Crippen LogP contribution in [0.4, 0.5) is 0 Å². The van der Waals surface area contributed by atoms with E-state index in [1.54, 1.807) is 17.0 Å². The van der Waals surface area contributed by atoms with E-state index in [4.69, 9.17) is 21.1 Å². The molecule has 0 aromatic heterocycles. The molecule has 0 bridgehead atoms. The molecule has 3 fully saturated rings. The minimum Gasteiger partial charge on any atom is -0.496 e. The number of hydrogen-bond acceptors (Lipinski definition) is 6. The Morgan fingerprint density at radius 1 is 0.938 bits per heavy atom. The maximum atomic E-state index is 13.2. The molecule has 1 aliphatic carbocycles. The third-order valence-electron chi connectivity index (χ3n) is 6.99. The lowest BCUT2D eigenvalue weighted by Gasteiger charge is -2.43. The van der Waals surface area contributed by atoms with Crippen LogP contribution in [-0.2, 0) is 4.79 Å². The van der Waals surface area contributed by atoms with Gasteiger partial charge in [-0.3, -0.25) is 19.4 Å². The van der Waals surface area contributed by atoms with Crippen LogP contribution in [0.5, 0.6) is 11.5 Å². The minimum atomic E-state index is -0.167. The van der Waals surface area contributed by atoms with Gasteiger partial charge in [0.05, 0.1) is 25.8 Å². The minimum absolute atomic E-state index is 0.167. The Bertz CT molecular complexity index is 832. The maximum Gasteiger partial charge on any atom is 0.261 e. The van der Waals surface area contributed by atoms with Gasteiger partial charge >= 0.3 is 0 Å². The number of carbonyl (C=O) groups excluding carboxylic acids is 2. The number of hydrogen-bond donors (Lipinski definition) is 0. The highest BCUT2D eigenvalue weighted by molar-refractivity contribution is 6.32. The second-order valence-electron chi connectivity index (χ2n) is 8.73. The summed E-state index contributed by atoms with van der Waals surface area (Å²) in [5.74, 6) is 0.792. The fourth-order valence-corrected chi connectivity index (χ4v) is 4.99. The Labute approximate surface area is 195 Å². The summed E-state index contributed by atoms with van der Waals surface area (Å²) in [6, 6.07) is 4.08. The first kappa shape index (κ1) is 23.1. The predicted octanol–water partition coefficient (Wildman–Crippen LogP) is 1.81. The van der Waals surface area contributed by atoms with Crippen LogP contribution in [0.25, 0.3) is 0 Å². The van der Waals surface area contributed by atoms with Crippen LogP contribution in [0, 0.1) is 0 Å². The van der Waals surface area contributed by atoms with E-state index >= 15 is 0 Å². The number of nitrogens with zero attached hydrogens (tertiary/aromatic N) is 4. The molecular formula is C23H33ClN4O4. The van der Waals surface area contributed by atoms with Crippen molar-refractivity contribution in [3.63, 3.8) is 0 Å². The molecule has 1 aromatic carbocycles. The first-order chi connectivity index (χ1) is 15.5. The second kappa shape index (κ2) is 10.3. The van der Waals surface area contributed by atoms with E-state index in [0.717, 1.165) is 32.2 Å². The van der Waals surface area contributed by atoms with Gasteiger partial charge in [0.15, 0.2) is 5.75 Å². The van der Waals surface area contributed by atoms with Crippen LogP contribution < -0.4 is 9.47 Å². The molecule has 0 atom stereocenters. The molecule has 0 unspecified atom stereocenters. The number of ether oxygens (including phenoxy) is 2. The normalized spacial score (nSPS) is 20.7. The van der Waals surface area contributed by atoms with E-state index < -0.39 is 0 Å². The fraction of sp³-hybridized carbons (Fsp3) is 0.652. The van der Waals surface area contributed by atoms with Gasteiger partial charge in [0.25, 0.3) is 5.91 Å². The summed E-state index contributed by atoms with van der Waals surface area (Å²) in [5.41, 5.74) is 0.344. The summed E-state index contributed by atoms with van der Waals surface area (Å²) in [6.07, 6.45) is 3.96. The summed E-state index contributed by atoms with van der Waals surface area (Å²) in [7, 11) is 3.02. The number of rotatable bonds is 6. The van der Waals surface area contributed by atoms with Crippen LogP contribution in [0.3, 0.4) is 0 Å². The fourth-order valence-electron chi connectivity index (χ4n) is 4.76. The number of halogens is 1. The van der Waals surface area contributed by atoms with Crippen LogP contribution >= 0.6 is 11.6 Å². The Morgan fingerprint density at radius 2 is 1.59 bits per heavy atom. The molecule has 8 nitrogen and oxygen atoms in total. The van der Waals surface area contributed by atoms with Gasteiger partial charge in [0.2, 0.25) is 5.91 Å². The summed E-state index contributed by atoms with van der Waals surface area (Å²) in [5, 5.41) is 0.373. The van der Waals surface area contributed by atoms with Gasteiger partial charge < -0.3 is 19.3 Å². The van der Waals surface area contributed by atoms with Crippen molar-refractivity contribution in [1.29, 1.82) is 0 Å². The zero-order chi connectivity index (χ0) is 22.7. The van der Waals surface area contributed by atoms with Gasteiger partial charge in [-0.25, -0.2) is 0 Å². The van der Waals surface area contributed by atoms with E-state index in [1.165, 1.54) is 33.5 Å². The molecule has 0 radical (unpaired) electrons. The second-order valence-corrected chi connectivity index (χ2v) is 9.13. The van der Waals surface area contributed by atoms with E-state index in [0.29, 0.717) is 54.8 Å². The Balaban J connectivity index is 1.29. The maximum absolute atomic E-state index is 13.2. The number of benzene rings is 1. The first-order valence-corrected chi connectivity index (χ1v) is 11.8. The van der Waals surface area contributed by atoms with Crippen LogP contribution in [0.15, 0.2) is 12.1 Å². The predicted molar refractivity (Wildman–Crippen MR) is 123 cm³/mol. The lowest BCUT2D eigenvalue weighted by molar-refractivity contribution is -0.135. The molecular weight excluding hydrogens is 432 g/mol. The highest BCUT2D eigenvalue weighted by Crippen LogP contribution is 2.36. The van der Waals surface area contributed by atoms with Crippen molar-refractivity contribution in [2.45, 2.75) is 25.3 Å². The van der Waals surface area contributed by atoms with Gasteiger partial charge in [-0.05, 0) is 25.0 Å². The van der Waals surface area contributed by atoms with Gasteiger partial charge in [-0.15, -0.1) is 0 Å². The Hall–Kier alpha value is -2.03. The highest BCUT2D eigenvalue weighted by atomic mass is 35.5. The molecule has 176 valence electrons. The Kier molecular flexibility index (Phi) is 7.43. The van der Waals surface area contributed by atoms with Crippen molar-refractivity contribution in [1.82, 2.24) is 19.6 Å². The smallest absolute Gasteiger partial charge is 0.261 e. The van der Waals surface area contributed by atoms with Gasteiger partial charge in [-0.2, -0.15) is 0 Å². The lowest BCUT2D eigenvalue weighted by atomic mass is 9.91. The zero-order valence-electron chi connectivity index (χ0n) is 19.0. The average molecular weight is 465 g/mol. The quantitative estimate of drug-likeness (QED) is 0.639. The van der Waals surface area contributed by atoms with Gasteiger partial charge in [0.1, 0.15) is 11.3 Å². The van der Waals surface area contributed by atoms with E-state index in [9.17, 15) is 9.59 Å². The van der Waals surface area contributed by atoms with Gasteiger partial charge in [0, 0.05) is 58.4 Å². The van der Waals surface area contributed by atoms with Crippen molar-refractivity contribution >= 4 is 23.4 Å². The van der Waals surface area contributed by atoms with Crippen molar-refractivity contribution in [3.8, 4) is 11.5 Å². The van der Waals surface area contributed by atoms with Crippen molar-refractivity contribution in [2.75, 3.05) is 73.1 Å². The number of piperazine rings is 2. The number of carbonyl (C=O) groups is 2. The monoisotopic (exact) mass is 464 g/mol. The highest BCUT2D eigenvalue weighted by Gasteiger charge is 2.32. The molecule has 0 spiro atoms. The Morgan fingerprint density at radius 3 is 2.16 bits per heavy atom. The summed E-state index contributed by atoms with van der Waals surface area (Å²) >= 11 is 6.23. The molecule has 2 aliphatic heterocycles.